The lowest BCUT2D eigenvalue weighted by Crippen LogP contribution is -2.52. The van der Waals surface area contributed by atoms with Gasteiger partial charge in [-0.15, -0.1) is 0 Å². The summed E-state index contributed by atoms with van der Waals surface area (Å²) in [6, 6.07) is 6.98. The van der Waals surface area contributed by atoms with Crippen molar-refractivity contribution in [2.75, 3.05) is 27.2 Å². The smallest absolute Gasteiger partial charge is 0.432 e. The predicted molar refractivity (Wildman–Crippen MR) is 98.5 cm³/mol. The van der Waals surface area contributed by atoms with Gasteiger partial charge in [-0.2, -0.15) is 13.2 Å². The third kappa shape index (κ3) is 3.43. The van der Waals surface area contributed by atoms with Crippen LogP contribution in [0.5, 0.6) is 0 Å². The Morgan fingerprint density at radius 3 is 2.32 bits per heavy atom. The number of fused-ring (bicyclic) bond motifs is 1. The quantitative estimate of drug-likeness (QED) is 0.721. The summed E-state index contributed by atoms with van der Waals surface area (Å²) in [5.74, 6) is -0.309. The fourth-order valence-electron chi connectivity index (χ4n) is 5.10. The Morgan fingerprint density at radius 2 is 1.75 bits per heavy atom. The van der Waals surface area contributed by atoms with Crippen LogP contribution in [0.1, 0.15) is 25.8 Å². The Hall–Kier alpha value is -1.60. The van der Waals surface area contributed by atoms with Gasteiger partial charge in [-0.1, -0.05) is 44.2 Å². The maximum atomic E-state index is 14.1. The standard InChI is InChI=1S/C21H28F3NO3/c1-13-11-25(3)12-17-14(2)18(10-16(13)17)28-19(26)20(27-4,21(22,23)24)15-8-6-5-7-9-15/h5-9,13-14,16-18H,10-12H2,1-4H3/t13-,14-,16-,17-,18+,20+/m0/s1. The Kier molecular flexibility index (Phi) is 5.79. The van der Waals surface area contributed by atoms with Gasteiger partial charge in [0.15, 0.2) is 0 Å². The number of esters is 1. The van der Waals surface area contributed by atoms with E-state index in [0.717, 1.165) is 20.2 Å². The highest BCUT2D eigenvalue weighted by Gasteiger charge is 2.64. The fraction of sp³-hybridized carbons (Fsp3) is 0.667. The van der Waals surface area contributed by atoms with Crippen molar-refractivity contribution < 1.29 is 27.4 Å². The Morgan fingerprint density at radius 1 is 1.11 bits per heavy atom. The number of carbonyl (C=O) groups is 1. The monoisotopic (exact) mass is 399 g/mol. The van der Waals surface area contributed by atoms with E-state index in [4.69, 9.17) is 9.47 Å². The van der Waals surface area contributed by atoms with Crippen molar-refractivity contribution >= 4 is 5.97 Å². The van der Waals surface area contributed by atoms with Crippen LogP contribution < -0.4 is 0 Å². The summed E-state index contributed by atoms with van der Waals surface area (Å²) in [6.07, 6.45) is -4.89. The van der Waals surface area contributed by atoms with Crippen molar-refractivity contribution in [1.29, 1.82) is 0 Å². The van der Waals surface area contributed by atoms with E-state index in [1.807, 2.05) is 14.0 Å². The van der Waals surface area contributed by atoms with Gasteiger partial charge in [0, 0.05) is 25.8 Å². The highest BCUT2D eigenvalue weighted by molar-refractivity contribution is 5.83. The summed E-state index contributed by atoms with van der Waals surface area (Å²) in [6.45, 7) is 5.95. The zero-order valence-corrected chi connectivity index (χ0v) is 16.7. The minimum Gasteiger partial charge on any atom is -0.459 e. The minimum atomic E-state index is -4.94. The summed E-state index contributed by atoms with van der Waals surface area (Å²) in [7, 11) is 2.95. The van der Waals surface area contributed by atoms with E-state index in [1.165, 1.54) is 24.3 Å². The van der Waals surface area contributed by atoms with E-state index in [1.54, 1.807) is 6.07 Å². The van der Waals surface area contributed by atoms with Crippen molar-refractivity contribution in [3.8, 4) is 0 Å². The summed E-state index contributed by atoms with van der Waals surface area (Å²) in [5, 5.41) is 0. The summed E-state index contributed by atoms with van der Waals surface area (Å²) in [4.78, 5) is 15.2. The molecule has 1 saturated carbocycles. The first-order valence-electron chi connectivity index (χ1n) is 9.68. The van der Waals surface area contributed by atoms with Gasteiger partial charge < -0.3 is 14.4 Å². The molecule has 6 atom stereocenters. The van der Waals surface area contributed by atoms with Crippen molar-refractivity contribution in [1.82, 2.24) is 4.90 Å². The Labute approximate surface area is 164 Å². The van der Waals surface area contributed by atoms with E-state index in [0.29, 0.717) is 24.2 Å². The number of rotatable bonds is 4. The number of ether oxygens (including phenoxy) is 2. The Balaban J connectivity index is 1.87. The zero-order chi connectivity index (χ0) is 20.7. The molecule has 0 spiro atoms. The van der Waals surface area contributed by atoms with Crippen LogP contribution in [0.25, 0.3) is 0 Å². The van der Waals surface area contributed by atoms with Gasteiger partial charge in [0.2, 0.25) is 0 Å². The maximum Gasteiger partial charge on any atom is 0.432 e. The molecule has 1 heterocycles. The van der Waals surface area contributed by atoms with Gasteiger partial charge in [0.1, 0.15) is 6.10 Å². The first kappa shape index (κ1) is 21.1. The van der Waals surface area contributed by atoms with Crippen molar-refractivity contribution in [3.63, 3.8) is 0 Å². The lowest BCUT2D eigenvalue weighted by Gasteiger charge is -2.38. The van der Waals surface area contributed by atoms with Gasteiger partial charge in [0.25, 0.3) is 5.60 Å². The van der Waals surface area contributed by atoms with Gasteiger partial charge in [-0.25, -0.2) is 4.79 Å². The van der Waals surface area contributed by atoms with E-state index in [2.05, 4.69) is 11.8 Å². The minimum absolute atomic E-state index is 0.00212. The van der Waals surface area contributed by atoms with E-state index in [-0.39, 0.29) is 11.5 Å². The molecule has 7 heteroatoms. The lowest BCUT2D eigenvalue weighted by molar-refractivity contribution is -0.278. The molecule has 0 radical (unpaired) electrons. The number of alkyl halides is 3. The molecular formula is C21H28F3NO3. The van der Waals surface area contributed by atoms with Gasteiger partial charge in [0.05, 0.1) is 0 Å². The number of methoxy groups -OCH3 is 1. The molecule has 0 bridgehead atoms. The van der Waals surface area contributed by atoms with Crippen LogP contribution in [0.15, 0.2) is 30.3 Å². The van der Waals surface area contributed by atoms with Crippen LogP contribution in [0, 0.1) is 23.7 Å². The summed E-state index contributed by atoms with van der Waals surface area (Å²) in [5.41, 5.74) is -3.39. The molecule has 0 N–H and O–H groups in total. The average molecular weight is 399 g/mol. The molecule has 28 heavy (non-hydrogen) atoms. The van der Waals surface area contributed by atoms with Crippen molar-refractivity contribution in [3.05, 3.63) is 35.9 Å². The fourth-order valence-corrected chi connectivity index (χ4v) is 5.10. The van der Waals surface area contributed by atoms with Crippen LogP contribution in [-0.4, -0.2) is 50.4 Å². The molecule has 2 fully saturated rings. The second kappa shape index (κ2) is 7.67. The molecule has 0 amide bonds. The number of halogens is 3. The molecule has 156 valence electrons. The van der Waals surface area contributed by atoms with Crippen LogP contribution in [0.4, 0.5) is 13.2 Å². The number of hydrogen-bond donors (Lipinski definition) is 0. The normalized spacial score (nSPS) is 33.2. The molecule has 4 nitrogen and oxygen atoms in total. The summed E-state index contributed by atoms with van der Waals surface area (Å²) >= 11 is 0. The average Bonchev–Trinajstić information content (AvgIpc) is 2.92. The first-order chi connectivity index (χ1) is 13.1. The van der Waals surface area contributed by atoms with Gasteiger partial charge in [-0.3, -0.25) is 0 Å². The molecule has 1 aliphatic heterocycles. The number of benzene rings is 1. The molecule has 1 aromatic carbocycles. The molecule has 3 rings (SSSR count). The Bertz CT molecular complexity index is 696. The molecule has 1 aromatic rings. The number of hydrogen-bond acceptors (Lipinski definition) is 4. The second-order valence-corrected chi connectivity index (χ2v) is 8.31. The lowest BCUT2D eigenvalue weighted by atomic mass is 9.79. The van der Waals surface area contributed by atoms with Crippen LogP contribution >= 0.6 is 0 Å². The third-order valence-corrected chi connectivity index (χ3v) is 6.60. The largest absolute Gasteiger partial charge is 0.459 e. The van der Waals surface area contributed by atoms with E-state index < -0.39 is 23.9 Å². The second-order valence-electron chi connectivity index (χ2n) is 8.31. The molecule has 0 unspecified atom stereocenters. The SMILES string of the molecule is CO[C@@](C(=O)O[C@@H]1C[C@@H]2[C@@H](CN(C)C[C@@H]2C)[C@@H]1C)(c1ccccc1)C(F)(F)F. The van der Waals surface area contributed by atoms with Gasteiger partial charge in [-0.05, 0) is 37.1 Å². The zero-order valence-electron chi connectivity index (χ0n) is 16.7. The molecule has 1 saturated heterocycles. The van der Waals surface area contributed by atoms with Crippen molar-refractivity contribution in [2.24, 2.45) is 23.7 Å². The number of piperidine rings is 1. The van der Waals surface area contributed by atoms with E-state index >= 15 is 0 Å². The highest BCUT2D eigenvalue weighted by atomic mass is 19.4. The van der Waals surface area contributed by atoms with Crippen LogP contribution in [0.3, 0.4) is 0 Å². The molecule has 2 aliphatic rings. The van der Waals surface area contributed by atoms with Crippen molar-refractivity contribution in [2.45, 2.75) is 38.1 Å². The molecule has 1 aliphatic carbocycles. The highest BCUT2D eigenvalue weighted by Crippen LogP contribution is 2.48. The van der Waals surface area contributed by atoms with Crippen LogP contribution in [-0.2, 0) is 19.9 Å². The molecular weight excluding hydrogens is 371 g/mol. The number of likely N-dealkylation sites (tertiary alicyclic amines) is 1. The van der Waals surface area contributed by atoms with Gasteiger partial charge >= 0.3 is 12.1 Å². The predicted octanol–water partition coefficient (Wildman–Crippen LogP) is 3.86. The molecule has 0 aromatic heterocycles. The number of carbonyl (C=O) groups excluding carboxylic acids is 1. The number of nitrogens with zero attached hydrogens (tertiary/aromatic N) is 1. The van der Waals surface area contributed by atoms with E-state index in [9.17, 15) is 18.0 Å². The first-order valence-corrected chi connectivity index (χ1v) is 9.68. The maximum absolute atomic E-state index is 14.1. The summed E-state index contributed by atoms with van der Waals surface area (Å²) < 4.78 is 52.6. The third-order valence-electron chi connectivity index (χ3n) is 6.60. The van der Waals surface area contributed by atoms with Crippen LogP contribution in [0.2, 0.25) is 0 Å². The topological polar surface area (TPSA) is 38.8 Å².